The molecule has 104 valence electrons. The van der Waals surface area contributed by atoms with Crippen LogP contribution in [-0.2, 0) is 0 Å². The largest absolute Gasteiger partial charge is 0.381 e. The highest BCUT2D eigenvalue weighted by Gasteiger charge is 2.46. The Morgan fingerprint density at radius 1 is 1.15 bits per heavy atom. The van der Waals surface area contributed by atoms with Gasteiger partial charge in [-0.15, -0.1) is 0 Å². The van der Waals surface area contributed by atoms with Crippen LogP contribution in [0.2, 0.25) is 0 Å². The molecule has 20 heavy (non-hydrogen) atoms. The first kappa shape index (κ1) is 12.2. The number of nitrogens with one attached hydrogen (secondary N) is 1. The van der Waals surface area contributed by atoms with E-state index in [-0.39, 0.29) is 5.54 Å². The van der Waals surface area contributed by atoms with Gasteiger partial charge in [-0.1, -0.05) is 30.3 Å². The van der Waals surface area contributed by atoms with Crippen molar-refractivity contribution in [2.75, 3.05) is 26.2 Å². The molecule has 4 heterocycles. The van der Waals surface area contributed by atoms with Gasteiger partial charge in [-0.2, -0.15) is 0 Å². The summed E-state index contributed by atoms with van der Waals surface area (Å²) in [6, 6.07) is 10.5. The van der Waals surface area contributed by atoms with E-state index in [4.69, 9.17) is 4.99 Å². The molecule has 1 spiro atoms. The third-order valence-corrected chi connectivity index (χ3v) is 5.10. The van der Waals surface area contributed by atoms with Crippen LogP contribution in [0.25, 0.3) is 5.57 Å². The first-order chi connectivity index (χ1) is 9.86. The molecule has 5 rings (SSSR count). The predicted molar refractivity (Wildman–Crippen MR) is 82.8 cm³/mol. The molecule has 1 unspecified atom stereocenters. The molecule has 3 nitrogen and oxygen atoms in total. The minimum Gasteiger partial charge on any atom is -0.381 e. The van der Waals surface area contributed by atoms with Crippen molar-refractivity contribution in [2.45, 2.75) is 18.4 Å². The van der Waals surface area contributed by atoms with Crippen molar-refractivity contribution in [1.82, 2.24) is 10.2 Å². The molecule has 4 aliphatic heterocycles. The molecule has 0 amide bonds. The lowest BCUT2D eigenvalue weighted by atomic mass is 9.73. The van der Waals surface area contributed by atoms with Crippen LogP contribution in [0.4, 0.5) is 0 Å². The number of rotatable bonds is 1. The Balaban J connectivity index is 1.62. The number of fused-ring (bicyclic) bond motifs is 2. The fraction of sp³-hybridized carbons (Fsp3) is 0.471. The second-order valence-corrected chi connectivity index (χ2v) is 6.29. The van der Waals surface area contributed by atoms with E-state index in [2.05, 4.69) is 46.7 Å². The lowest BCUT2D eigenvalue weighted by molar-refractivity contribution is 0.0194. The smallest absolute Gasteiger partial charge is 0.0718 e. The van der Waals surface area contributed by atoms with Crippen LogP contribution >= 0.6 is 0 Å². The van der Waals surface area contributed by atoms with Crippen LogP contribution < -0.4 is 5.32 Å². The zero-order chi connectivity index (χ0) is 13.4. The Hall–Kier alpha value is -1.61. The lowest BCUT2D eigenvalue weighted by Gasteiger charge is -2.52. The van der Waals surface area contributed by atoms with E-state index in [0.29, 0.717) is 0 Å². The predicted octanol–water partition coefficient (Wildman–Crippen LogP) is 2.17. The third-order valence-electron chi connectivity index (χ3n) is 5.10. The fourth-order valence-corrected chi connectivity index (χ4v) is 3.91. The third kappa shape index (κ3) is 1.97. The zero-order valence-electron chi connectivity index (χ0n) is 11.8. The standard InChI is InChI=1S/C17H21N3/c1-2-4-14(5-3-1)15-10-18-12-17(19-11-15)13-20-8-6-16(17)7-9-20/h1-5,10-11,16,19H,6-9,12-13H2. The van der Waals surface area contributed by atoms with Gasteiger partial charge in [0.1, 0.15) is 0 Å². The van der Waals surface area contributed by atoms with E-state index < -0.39 is 0 Å². The van der Waals surface area contributed by atoms with Gasteiger partial charge >= 0.3 is 0 Å². The van der Waals surface area contributed by atoms with Crippen LogP contribution in [0, 0.1) is 5.92 Å². The quantitative estimate of drug-likeness (QED) is 0.844. The summed E-state index contributed by atoms with van der Waals surface area (Å²) in [5.74, 6) is 0.774. The van der Waals surface area contributed by atoms with Crippen molar-refractivity contribution in [3.8, 4) is 0 Å². The van der Waals surface area contributed by atoms with E-state index in [1.807, 2.05) is 6.21 Å². The number of allylic oxidation sites excluding steroid dienone is 1. The molecule has 4 aliphatic rings. The van der Waals surface area contributed by atoms with Crippen molar-refractivity contribution in [2.24, 2.45) is 10.9 Å². The topological polar surface area (TPSA) is 27.6 Å². The molecule has 0 aliphatic carbocycles. The molecule has 0 saturated carbocycles. The highest BCUT2D eigenvalue weighted by molar-refractivity contribution is 6.09. The maximum atomic E-state index is 4.74. The van der Waals surface area contributed by atoms with Gasteiger partial charge in [-0.25, -0.2) is 0 Å². The second-order valence-electron chi connectivity index (χ2n) is 6.29. The van der Waals surface area contributed by atoms with Gasteiger partial charge in [0, 0.05) is 24.5 Å². The van der Waals surface area contributed by atoms with Gasteiger partial charge in [0.25, 0.3) is 0 Å². The van der Waals surface area contributed by atoms with Crippen LogP contribution in [0.1, 0.15) is 18.4 Å². The SMILES string of the molecule is C1=NCC2(CN3CCC2CC3)NC=C1c1ccccc1. The number of piperidine rings is 3. The molecule has 1 atom stereocenters. The Labute approximate surface area is 120 Å². The normalized spacial score (nSPS) is 35.5. The van der Waals surface area contributed by atoms with Gasteiger partial charge < -0.3 is 10.2 Å². The Bertz CT molecular complexity index is 541. The molecule has 0 aromatic heterocycles. The summed E-state index contributed by atoms with van der Waals surface area (Å²) in [7, 11) is 0. The molecule has 2 bridgehead atoms. The molecule has 3 saturated heterocycles. The Kier molecular flexibility index (Phi) is 2.88. The summed E-state index contributed by atoms with van der Waals surface area (Å²) in [5.41, 5.74) is 2.60. The van der Waals surface area contributed by atoms with Crippen molar-refractivity contribution in [3.05, 3.63) is 42.1 Å². The lowest BCUT2D eigenvalue weighted by Crippen LogP contribution is -2.66. The molecule has 0 radical (unpaired) electrons. The summed E-state index contributed by atoms with van der Waals surface area (Å²) >= 11 is 0. The van der Waals surface area contributed by atoms with Crippen molar-refractivity contribution in [3.63, 3.8) is 0 Å². The summed E-state index contributed by atoms with van der Waals surface area (Å²) in [4.78, 5) is 7.33. The maximum absolute atomic E-state index is 4.74. The van der Waals surface area contributed by atoms with Crippen LogP contribution in [0.5, 0.6) is 0 Å². The molecule has 1 aromatic carbocycles. The van der Waals surface area contributed by atoms with Crippen LogP contribution in [0.3, 0.4) is 0 Å². The van der Waals surface area contributed by atoms with E-state index in [1.54, 1.807) is 0 Å². The van der Waals surface area contributed by atoms with E-state index in [0.717, 1.165) is 19.0 Å². The Morgan fingerprint density at radius 3 is 2.65 bits per heavy atom. The summed E-state index contributed by atoms with van der Waals surface area (Å²) in [6.45, 7) is 4.59. The monoisotopic (exact) mass is 267 g/mol. The highest BCUT2D eigenvalue weighted by atomic mass is 15.2. The van der Waals surface area contributed by atoms with E-state index in [1.165, 1.54) is 37.1 Å². The first-order valence-electron chi connectivity index (χ1n) is 7.61. The fourth-order valence-electron chi connectivity index (χ4n) is 3.91. The minimum atomic E-state index is 0.170. The number of hydrogen-bond donors (Lipinski definition) is 1. The highest BCUT2D eigenvalue weighted by Crippen LogP contribution is 2.36. The van der Waals surface area contributed by atoms with Crippen molar-refractivity contribution >= 4 is 11.8 Å². The average Bonchev–Trinajstić information content (AvgIpc) is 2.72. The summed E-state index contributed by atoms with van der Waals surface area (Å²) in [5, 5.41) is 3.75. The molecule has 3 fully saturated rings. The molecule has 1 N–H and O–H groups in total. The second kappa shape index (κ2) is 4.74. The molecule has 3 heteroatoms. The van der Waals surface area contributed by atoms with E-state index >= 15 is 0 Å². The first-order valence-corrected chi connectivity index (χ1v) is 7.61. The van der Waals surface area contributed by atoms with Gasteiger partial charge in [-0.05, 0) is 37.4 Å². The van der Waals surface area contributed by atoms with Gasteiger partial charge in [0.2, 0.25) is 0 Å². The number of benzene rings is 1. The van der Waals surface area contributed by atoms with Gasteiger partial charge in [-0.3, -0.25) is 4.99 Å². The average molecular weight is 267 g/mol. The van der Waals surface area contributed by atoms with E-state index in [9.17, 15) is 0 Å². The summed E-state index contributed by atoms with van der Waals surface area (Å²) in [6.07, 6.45) is 6.86. The molecular formula is C17H21N3. The minimum absolute atomic E-state index is 0.170. The summed E-state index contributed by atoms with van der Waals surface area (Å²) < 4.78 is 0. The number of hydrogen-bond acceptors (Lipinski definition) is 3. The van der Waals surface area contributed by atoms with Crippen LogP contribution in [0.15, 0.2) is 41.5 Å². The molecule has 1 aromatic rings. The van der Waals surface area contributed by atoms with Crippen molar-refractivity contribution in [1.29, 1.82) is 0 Å². The van der Waals surface area contributed by atoms with Crippen molar-refractivity contribution < 1.29 is 0 Å². The van der Waals surface area contributed by atoms with Gasteiger partial charge in [0.05, 0.1) is 12.1 Å². The number of nitrogens with zero attached hydrogens (tertiary/aromatic N) is 2. The zero-order valence-corrected chi connectivity index (χ0v) is 11.8. The molecular weight excluding hydrogens is 246 g/mol. The maximum Gasteiger partial charge on any atom is 0.0718 e. The van der Waals surface area contributed by atoms with Crippen LogP contribution in [-0.4, -0.2) is 42.8 Å². The Morgan fingerprint density at radius 2 is 1.95 bits per heavy atom. The van der Waals surface area contributed by atoms with Gasteiger partial charge in [0.15, 0.2) is 0 Å². The number of aliphatic imine (C=N–C) groups is 1.